The summed E-state index contributed by atoms with van der Waals surface area (Å²) in [6, 6.07) is 16.7. The van der Waals surface area contributed by atoms with E-state index in [-0.39, 0.29) is 49.4 Å². The van der Waals surface area contributed by atoms with Gasteiger partial charge in [-0.3, -0.25) is 14.4 Å². The zero-order chi connectivity index (χ0) is 36.5. The number of nitrogens with one attached hydrogen (secondary N) is 2. The van der Waals surface area contributed by atoms with Crippen LogP contribution in [0.5, 0.6) is 0 Å². The van der Waals surface area contributed by atoms with E-state index in [1.165, 1.54) is 17.0 Å². The minimum atomic E-state index is -3.83. The number of nitrogens with two attached hydrogens (primary N) is 1. The van der Waals surface area contributed by atoms with Crippen LogP contribution >= 0.6 is 11.6 Å². The van der Waals surface area contributed by atoms with Crippen LogP contribution in [0.2, 0.25) is 5.02 Å². The number of fused-ring (bicyclic) bond motifs is 1. The Morgan fingerprint density at radius 3 is 2.49 bits per heavy atom. The summed E-state index contributed by atoms with van der Waals surface area (Å²) in [6.07, 6.45) is 2.26. The molecule has 12 nitrogen and oxygen atoms in total. The SMILES string of the molecule is CS(=O)(=O)N[C@H](CCc1ccccc1)C(=O)N1C[C@H](OCc2ccc(Cl)cc2)C[C@H]1C(=O)N[C@@H](CCCCN)C(=O)c1nc2cc(F)ccc2o1. The number of halogens is 2. The van der Waals surface area contributed by atoms with Crippen molar-refractivity contribution in [3.05, 3.63) is 101 Å². The normalized spacial score (nSPS) is 17.4. The number of Topliss-reactive ketones (excluding diaryl/α,β-unsaturated/α-hetero) is 1. The number of hydrogen-bond donors (Lipinski definition) is 3. The van der Waals surface area contributed by atoms with Gasteiger partial charge in [0.15, 0.2) is 5.58 Å². The van der Waals surface area contributed by atoms with Crippen molar-refractivity contribution in [1.82, 2.24) is 19.9 Å². The lowest BCUT2D eigenvalue weighted by Gasteiger charge is -2.29. The molecule has 0 spiro atoms. The molecule has 1 saturated heterocycles. The fraction of sp³-hybridized carbons (Fsp3) is 0.389. The van der Waals surface area contributed by atoms with Crippen molar-refractivity contribution in [3.8, 4) is 0 Å². The van der Waals surface area contributed by atoms with E-state index in [0.717, 1.165) is 23.4 Å². The Kier molecular flexibility index (Phi) is 12.9. The largest absolute Gasteiger partial charge is 0.434 e. The summed E-state index contributed by atoms with van der Waals surface area (Å²) in [6.45, 7) is 0.544. The topological polar surface area (TPSA) is 174 Å². The van der Waals surface area contributed by atoms with Crippen molar-refractivity contribution in [1.29, 1.82) is 0 Å². The second-order valence-corrected chi connectivity index (χ2v) is 14.8. The summed E-state index contributed by atoms with van der Waals surface area (Å²) in [7, 11) is -3.83. The number of aryl methyl sites for hydroxylation is 1. The first-order valence-corrected chi connectivity index (χ1v) is 19.0. The highest BCUT2D eigenvalue weighted by atomic mass is 35.5. The van der Waals surface area contributed by atoms with Gasteiger partial charge in [0.2, 0.25) is 27.6 Å². The average molecular weight is 742 g/mol. The van der Waals surface area contributed by atoms with Gasteiger partial charge in [-0.2, -0.15) is 0 Å². The molecular formula is C36H41ClFN5O7S. The highest BCUT2D eigenvalue weighted by molar-refractivity contribution is 7.88. The second kappa shape index (κ2) is 17.3. The van der Waals surface area contributed by atoms with Gasteiger partial charge >= 0.3 is 0 Å². The van der Waals surface area contributed by atoms with Crippen LogP contribution in [0.3, 0.4) is 0 Å². The van der Waals surface area contributed by atoms with Crippen LogP contribution in [0.1, 0.15) is 53.9 Å². The Morgan fingerprint density at radius 1 is 1.04 bits per heavy atom. The maximum Gasteiger partial charge on any atom is 0.266 e. The number of ketones is 1. The molecule has 0 saturated carbocycles. The summed E-state index contributed by atoms with van der Waals surface area (Å²) >= 11 is 6.02. The quantitative estimate of drug-likeness (QED) is 0.106. The number of likely N-dealkylation sites (tertiary alicyclic amines) is 1. The molecule has 272 valence electrons. The van der Waals surface area contributed by atoms with Gasteiger partial charge in [-0.25, -0.2) is 22.5 Å². The molecule has 4 aromatic rings. The van der Waals surface area contributed by atoms with Crippen molar-refractivity contribution in [2.24, 2.45) is 5.73 Å². The first-order chi connectivity index (χ1) is 24.4. The number of hydrogen-bond acceptors (Lipinski definition) is 9. The number of carbonyl (C=O) groups excluding carboxylic acids is 3. The Bertz CT molecular complexity index is 1930. The average Bonchev–Trinajstić information content (AvgIpc) is 3.73. The van der Waals surface area contributed by atoms with E-state index < -0.39 is 57.7 Å². The van der Waals surface area contributed by atoms with Crippen LogP contribution in [-0.2, 0) is 37.4 Å². The maximum atomic E-state index is 14.2. The van der Waals surface area contributed by atoms with Crippen LogP contribution in [-0.4, -0.2) is 79.5 Å². The van der Waals surface area contributed by atoms with Crippen LogP contribution in [0.4, 0.5) is 4.39 Å². The Morgan fingerprint density at radius 2 is 1.78 bits per heavy atom. The maximum absolute atomic E-state index is 14.2. The number of oxazole rings is 1. The third-order valence-electron chi connectivity index (χ3n) is 8.61. The zero-order valence-corrected chi connectivity index (χ0v) is 29.7. The van der Waals surface area contributed by atoms with Crippen molar-refractivity contribution < 1.29 is 36.3 Å². The molecule has 1 fully saturated rings. The lowest BCUT2D eigenvalue weighted by atomic mass is 10.0. The van der Waals surface area contributed by atoms with Gasteiger partial charge in [0.25, 0.3) is 5.89 Å². The first-order valence-electron chi connectivity index (χ1n) is 16.7. The van der Waals surface area contributed by atoms with Crippen LogP contribution in [0, 0.1) is 5.82 Å². The van der Waals surface area contributed by atoms with Gasteiger partial charge in [0, 0.05) is 24.1 Å². The Hall–Kier alpha value is -4.21. The Labute approximate surface area is 300 Å². The molecule has 1 aliphatic rings. The fourth-order valence-corrected chi connectivity index (χ4v) is 6.90. The molecule has 0 bridgehead atoms. The van der Waals surface area contributed by atoms with Crippen LogP contribution < -0.4 is 15.8 Å². The first kappa shape index (κ1) is 38.0. The standard InChI is InChI=1S/C36H41ClFN5O7S/c1-51(47,48)42-29(16-12-23-7-3-2-4-8-23)36(46)43-21-27(49-22-24-10-13-25(37)14-11-24)20-31(43)34(45)40-28(9-5-6-18-39)33(44)35-41-30-19-26(38)15-17-32(30)50-35/h2-4,7-8,10-11,13-15,17,19,27-29,31,42H,5-6,9,12,16,18,20-22,39H2,1H3,(H,40,45)/t27-,28+,29-,31+/m1/s1. The summed E-state index contributed by atoms with van der Waals surface area (Å²) in [5, 5.41) is 3.36. The molecule has 5 rings (SSSR count). The van der Waals surface area contributed by atoms with Gasteiger partial charge < -0.3 is 25.1 Å². The predicted molar refractivity (Wildman–Crippen MR) is 190 cm³/mol. The smallest absolute Gasteiger partial charge is 0.266 e. The van der Waals surface area contributed by atoms with Gasteiger partial charge in [0.1, 0.15) is 23.4 Å². The van der Waals surface area contributed by atoms with Crippen molar-refractivity contribution >= 4 is 50.3 Å². The number of benzene rings is 3. The lowest BCUT2D eigenvalue weighted by Crippen LogP contribution is -2.55. The number of unbranched alkanes of at least 4 members (excludes halogenated alkanes) is 1. The number of amides is 2. The van der Waals surface area contributed by atoms with E-state index in [1.807, 2.05) is 30.3 Å². The monoisotopic (exact) mass is 741 g/mol. The molecule has 1 aliphatic heterocycles. The highest BCUT2D eigenvalue weighted by Crippen LogP contribution is 2.26. The number of nitrogens with zero attached hydrogens (tertiary/aromatic N) is 2. The Balaban J connectivity index is 1.39. The van der Waals surface area contributed by atoms with Gasteiger partial charge in [-0.05, 0) is 74.0 Å². The van der Waals surface area contributed by atoms with Gasteiger partial charge in [-0.15, -0.1) is 0 Å². The third-order valence-corrected chi connectivity index (χ3v) is 9.57. The minimum absolute atomic E-state index is 0.000266. The molecular weight excluding hydrogens is 701 g/mol. The molecule has 2 amide bonds. The lowest BCUT2D eigenvalue weighted by molar-refractivity contribution is -0.140. The molecule has 1 aromatic heterocycles. The molecule has 4 N–H and O–H groups in total. The zero-order valence-electron chi connectivity index (χ0n) is 28.1. The van der Waals surface area contributed by atoms with Crippen molar-refractivity contribution in [2.75, 3.05) is 19.3 Å². The van der Waals surface area contributed by atoms with Crippen LogP contribution in [0.15, 0.2) is 77.2 Å². The van der Waals surface area contributed by atoms with E-state index in [1.54, 1.807) is 24.3 Å². The second-order valence-electron chi connectivity index (χ2n) is 12.6. The number of rotatable bonds is 17. The fourth-order valence-electron chi connectivity index (χ4n) is 6.04. The number of carbonyl (C=O) groups is 3. The number of sulfonamides is 1. The molecule has 15 heteroatoms. The van der Waals surface area contributed by atoms with Crippen molar-refractivity contribution in [2.45, 2.75) is 69.4 Å². The molecule has 2 heterocycles. The van der Waals surface area contributed by atoms with Gasteiger partial charge in [-0.1, -0.05) is 54.1 Å². The summed E-state index contributed by atoms with van der Waals surface area (Å²) < 4.78 is 52.9. The molecule has 0 radical (unpaired) electrons. The van der Waals surface area contributed by atoms with E-state index in [0.29, 0.717) is 30.8 Å². The van der Waals surface area contributed by atoms with Crippen LogP contribution in [0.25, 0.3) is 11.1 Å². The van der Waals surface area contributed by atoms with Gasteiger partial charge in [0.05, 0.1) is 25.0 Å². The molecule has 4 atom stereocenters. The minimum Gasteiger partial charge on any atom is -0.434 e. The van der Waals surface area contributed by atoms with E-state index >= 15 is 0 Å². The summed E-state index contributed by atoms with van der Waals surface area (Å²) in [5.74, 6) is -2.69. The van der Waals surface area contributed by atoms with E-state index in [2.05, 4.69) is 15.0 Å². The summed E-state index contributed by atoms with van der Waals surface area (Å²) in [5.41, 5.74) is 7.79. The number of aromatic nitrogens is 1. The van der Waals surface area contributed by atoms with E-state index in [4.69, 9.17) is 26.5 Å². The molecule has 51 heavy (non-hydrogen) atoms. The molecule has 0 unspecified atom stereocenters. The van der Waals surface area contributed by atoms with Crippen molar-refractivity contribution in [3.63, 3.8) is 0 Å². The predicted octanol–water partition coefficient (Wildman–Crippen LogP) is 4.15. The van der Waals surface area contributed by atoms with E-state index in [9.17, 15) is 27.2 Å². The highest BCUT2D eigenvalue weighted by Gasteiger charge is 2.43. The number of ether oxygens (including phenoxy) is 1. The summed E-state index contributed by atoms with van der Waals surface area (Å²) in [4.78, 5) is 47.5. The molecule has 0 aliphatic carbocycles. The molecule has 3 aromatic carbocycles. The third kappa shape index (κ3) is 10.7.